The molecule has 94 valence electrons. The maximum Gasteiger partial charge on any atom is 0.406 e. The van der Waals surface area contributed by atoms with Gasteiger partial charge in [-0.25, -0.2) is 0 Å². The number of carbonyl (C=O) groups is 1. The van der Waals surface area contributed by atoms with Gasteiger partial charge in [-0.15, -0.1) is 0 Å². The number of hydrogen-bond acceptors (Lipinski definition) is 1. The Labute approximate surface area is 109 Å². The monoisotopic (exact) mass is 329 g/mol. The van der Waals surface area contributed by atoms with Gasteiger partial charge in [0.05, 0.1) is 5.02 Å². The van der Waals surface area contributed by atoms with Crippen molar-refractivity contribution in [2.75, 3.05) is 13.6 Å². The second-order valence-electron chi connectivity index (χ2n) is 3.41. The molecule has 0 saturated heterocycles. The first kappa shape index (κ1) is 14.3. The highest BCUT2D eigenvalue weighted by Crippen LogP contribution is 2.24. The molecule has 0 radical (unpaired) electrons. The summed E-state index contributed by atoms with van der Waals surface area (Å²) in [5, 5.41) is 0.274. The SMILES string of the molecule is CN(CC(F)(F)F)C(=O)c1ccc(Br)c(Cl)c1. The number of alkyl halides is 3. The highest BCUT2D eigenvalue weighted by molar-refractivity contribution is 9.10. The van der Waals surface area contributed by atoms with Crippen LogP contribution in [0.1, 0.15) is 10.4 Å². The summed E-state index contributed by atoms with van der Waals surface area (Å²) in [5.41, 5.74) is 0.116. The number of nitrogens with zero attached hydrogens (tertiary/aromatic N) is 1. The molecule has 0 aliphatic carbocycles. The summed E-state index contributed by atoms with van der Waals surface area (Å²) in [4.78, 5) is 12.2. The average molecular weight is 331 g/mol. The van der Waals surface area contributed by atoms with Crippen molar-refractivity contribution in [3.63, 3.8) is 0 Å². The van der Waals surface area contributed by atoms with Crippen LogP contribution in [-0.4, -0.2) is 30.6 Å². The van der Waals surface area contributed by atoms with E-state index in [1.165, 1.54) is 18.2 Å². The molecule has 0 fully saturated rings. The van der Waals surface area contributed by atoms with Crippen LogP contribution in [0.15, 0.2) is 22.7 Å². The summed E-state index contributed by atoms with van der Waals surface area (Å²) >= 11 is 8.88. The van der Waals surface area contributed by atoms with Crippen LogP contribution in [-0.2, 0) is 0 Å². The van der Waals surface area contributed by atoms with Gasteiger partial charge in [-0.2, -0.15) is 13.2 Å². The fourth-order valence-corrected chi connectivity index (χ4v) is 1.62. The van der Waals surface area contributed by atoms with E-state index in [4.69, 9.17) is 11.6 Å². The zero-order valence-corrected chi connectivity index (χ0v) is 11.0. The van der Waals surface area contributed by atoms with E-state index in [1.54, 1.807) is 0 Å². The van der Waals surface area contributed by atoms with Crippen molar-refractivity contribution in [1.29, 1.82) is 0 Å². The Morgan fingerprint density at radius 2 is 2.06 bits per heavy atom. The Morgan fingerprint density at radius 3 is 2.53 bits per heavy atom. The normalized spacial score (nSPS) is 11.4. The van der Waals surface area contributed by atoms with E-state index in [-0.39, 0.29) is 10.6 Å². The third-order valence-electron chi connectivity index (χ3n) is 1.93. The molecule has 1 aromatic carbocycles. The molecule has 0 aliphatic heterocycles. The second-order valence-corrected chi connectivity index (χ2v) is 4.67. The Hall–Kier alpha value is -0.750. The molecule has 7 heteroatoms. The van der Waals surface area contributed by atoms with Crippen LogP contribution in [0, 0.1) is 0 Å². The van der Waals surface area contributed by atoms with Gasteiger partial charge in [0.1, 0.15) is 6.54 Å². The fraction of sp³-hybridized carbons (Fsp3) is 0.300. The maximum atomic E-state index is 12.1. The van der Waals surface area contributed by atoms with Crippen LogP contribution in [0.3, 0.4) is 0 Å². The highest BCUT2D eigenvalue weighted by Gasteiger charge is 2.31. The first-order valence-corrected chi connectivity index (χ1v) is 5.65. The van der Waals surface area contributed by atoms with Crippen molar-refractivity contribution in [2.45, 2.75) is 6.18 Å². The van der Waals surface area contributed by atoms with Crippen LogP contribution in [0.5, 0.6) is 0 Å². The minimum atomic E-state index is -4.41. The van der Waals surface area contributed by atoms with Gasteiger partial charge < -0.3 is 4.90 Å². The van der Waals surface area contributed by atoms with E-state index in [0.717, 1.165) is 7.05 Å². The summed E-state index contributed by atoms with van der Waals surface area (Å²) in [6, 6.07) is 4.24. The third-order valence-corrected chi connectivity index (χ3v) is 3.16. The van der Waals surface area contributed by atoms with Gasteiger partial charge in [-0.1, -0.05) is 11.6 Å². The molecule has 1 rings (SSSR count). The minimum absolute atomic E-state index is 0.116. The molecule has 1 aromatic rings. The molecular formula is C10H8BrClF3NO. The Morgan fingerprint density at radius 1 is 1.47 bits per heavy atom. The first-order valence-electron chi connectivity index (χ1n) is 4.48. The molecule has 0 aromatic heterocycles. The van der Waals surface area contributed by atoms with Gasteiger partial charge in [-0.3, -0.25) is 4.79 Å². The Bertz CT molecular complexity index is 436. The van der Waals surface area contributed by atoms with Crippen LogP contribution >= 0.6 is 27.5 Å². The molecule has 0 unspecified atom stereocenters. The lowest BCUT2D eigenvalue weighted by Crippen LogP contribution is -2.35. The van der Waals surface area contributed by atoms with Crippen LogP contribution in [0.2, 0.25) is 5.02 Å². The van der Waals surface area contributed by atoms with Gasteiger partial charge >= 0.3 is 6.18 Å². The lowest BCUT2D eigenvalue weighted by atomic mass is 10.2. The van der Waals surface area contributed by atoms with Crippen molar-refractivity contribution in [2.24, 2.45) is 0 Å². The number of halogens is 5. The maximum absolute atomic E-state index is 12.1. The van der Waals surface area contributed by atoms with E-state index in [1.807, 2.05) is 0 Å². The number of carbonyl (C=O) groups excluding carboxylic acids is 1. The van der Waals surface area contributed by atoms with E-state index in [2.05, 4.69) is 15.9 Å². The number of hydrogen-bond donors (Lipinski definition) is 0. The van der Waals surface area contributed by atoms with Crippen LogP contribution < -0.4 is 0 Å². The molecule has 0 heterocycles. The Balaban J connectivity index is 2.85. The second kappa shape index (κ2) is 5.27. The van der Waals surface area contributed by atoms with Crippen molar-refractivity contribution >= 4 is 33.4 Å². The van der Waals surface area contributed by atoms with E-state index >= 15 is 0 Å². The molecule has 0 bridgehead atoms. The molecule has 0 spiro atoms. The lowest BCUT2D eigenvalue weighted by Gasteiger charge is -2.19. The molecule has 1 amide bonds. The predicted octanol–water partition coefficient (Wildman–Crippen LogP) is 3.74. The molecule has 0 N–H and O–H groups in total. The number of amides is 1. The van der Waals surface area contributed by atoms with Crippen molar-refractivity contribution in [3.8, 4) is 0 Å². The lowest BCUT2D eigenvalue weighted by molar-refractivity contribution is -0.138. The average Bonchev–Trinajstić information content (AvgIpc) is 2.18. The fourth-order valence-electron chi connectivity index (χ4n) is 1.19. The summed E-state index contributed by atoms with van der Waals surface area (Å²) < 4.78 is 36.9. The van der Waals surface area contributed by atoms with Crippen LogP contribution in [0.4, 0.5) is 13.2 Å². The summed E-state index contributed by atoms with van der Waals surface area (Å²) in [6.07, 6.45) is -4.41. The van der Waals surface area contributed by atoms with Gasteiger partial charge in [0, 0.05) is 17.1 Å². The zero-order chi connectivity index (χ0) is 13.2. The minimum Gasteiger partial charge on any atom is -0.333 e. The quantitative estimate of drug-likeness (QED) is 0.809. The van der Waals surface area contributed by atoms with E-state index in [0.29, 0.717) is 9.37 Å². The molecular weight excluding hydrogens is 322 g/mol. The van der Waals surface area contributed by atoms with Crippen LogP contribution in [0.25, 0.3) is 0 Å². The molecule has 0 aliphatic rings. The molecule has 0 saturated carbocycles. The van der Waals surface area contributed by atoms with Gasteiger partial charge in [0.15, 0.2) is 0 Å². The van der Waals surface area contributed by atoms with Crippen molar-refractivity contribution in [1.82, 2.24) is 4.90 Å². The van der Waals surface area contributed by atoms with Gasteiger partial charge in [0.25, 0.3) is 5.91 Å². The molecule has 17 heavy (non-hydrogen) atoms. The van der Waals surface area contributed by atoms with E-state index in [9.17, 15) is 18.0 Å². The topological polar surface area (TPSA) is 20.3 Å². The molecule has 2 nitrogen and oxygen atoms in total. The standard InChI is InChI=1S/C10H8BrClF3NO/c1-16(5-10(13,14)15)9(17)6-2-3-7(11)8(12)4-6/h2-4H,5H2,1H3. The highest BCUT2D eigenvalue weighted by atomic mass is 79.9. The summed E-state index contributed by atoms with van der Waals surface area (Å²) in [6.45, 7) is -1.29. The summed E-state index contributed by atoms with van der Waals surface area (Å²) in [7, 11) is 1.09. The van der Waals surface area contributed by atoms with Crippen molar-refractivity contribution in [3.05, 3.63) is 33.3 Å². The van der Waals surface area contributed by atoms with Gasteiger partial charge in [0.2, 0.25) is 0 Å². The summed E-state index contributed by atoms with van der Waals surface area (Å²) in [5.74, 6) is -0.725. The number of rotatable bonds is 2. The number of benzene rings is 1. The van der Waals surface area contributed by atoms with E-state index < -0.39 is 18.6 Å². The molecule has 0 atom stereocenters. The predicted molar refractivity (Wildman–Crippen MR) is 62.2 cm³/mol. The Kier molecular flexibility index (Phi) is 4.43. The largest absolute Gasteiger partial charge is 0.406 e. The first-order chi connectivity index (χ1) is 7.70. The third kappa shape index (κ3) is 4.20. The van der Waals surface area contributed by atoms with Gasteiger partial charge in [-0.05, 0) is 34.1 Å². The zero-order valence-electron chi connectivity index (χ0n) is 8.68. The smallest absolute Gasteiger partial charge is 0.333 e. The van der Waals surface area contributed by atoms with Crippen molar-refractivity contribution < 1.29 is 18.0 Å².